The van der Waals surface area contributed by atoms with Gasteiger partial charge in [0.2, 0.25) is 0 Å². The number of hydrogen-bond donors (Lipinski definition) is 0. The molecule has 0 atom stereocenters. The quantitative estimate of drug-likeness (QED) is 0.255. The van der Waals surface area contributed by atoms with Crippen molar-refractivity contribution in [3.05, 3.63) is 94.0 Å². The SMILES string of the molecule is CCc1ccc(C(=O)COC(=O)c2cc(CN3C(=O)c4ccccc4C3=O)c(OC)c(OC)c2)cc1. The summed E-state index contributed by atoms with van der Waals surface area (Å²) in [5.41, 5.74) is 2.63. The number of ketones is 1. The van der Waals surface area contributed by atoms with Gasteiger partial charge in [0.25, 0.3) is 11.8 Å². The number of hydrogen-bond acceptors (Lipinski definition) is 7. The largest absolute Gasteiger partial charge is 0.493 e. The van der Waals surface area contributed by atoms with Crippen LogP contribution in [0.25, 0.3) is 0 Å². The maximum atomic E-state index is 12.8. The Balaban J connectivity index is 1.55. The summed E-state index contributed by atoms with van der Waals surface area (Å²) in [6, 6.07) is 16.6. The molecule has 0 N–H and O–H groups in total. The van der Waals surface area contributed by atoms with E-state index in [2.05, 4.69) is 0 Å². The molecular weight excluding hydrogens is 462 g/mol. The summed E-state index contributed by atoms with van der Waals surface area (Å²) >= 11 is 0. The van der Waals surface area contributed by atoms with Gasteiger partial charge in [-0.15, -0.1) is 0 Å². The summed E-state index contributed by atoms with van der Waals surface area (Å²) in [6.07, 6.45) is 0.853. The average Bonchev–Trinajstić information content (AvgIpc) is 3.15. The lowest BCUT2D eigenvalue weighted by atomic mass is 10.1. The van der Waals surface area contributed by atoms with Crippen molar-refractivity contribution in [1.29, 1.82) is 0 Å². The Hall–Kier alpha value is -4.46. The van der Waals surface area contributed by atoms with E-state index >= 15 is 0 Å². The zero-order valence-corrected chi connectivity index (χ0v) is 20.2. The maximum absolute atomic E-state index is 12.8. The third-order valence-electron chi connectivity index (χ3n) is 6.02. The summed E-state index contributed by atoms with van der Waals surface area (Å²) < 4.78 is 16.1. The highest BCUT2D eigenvalue weighted by Crippen LogP contribution is 2.35. The number of benzene rings is 3. The zero-order chi connectivity index (χ0) is 25.8. The highest BCUT2D eigenvalue weighted by Gasteiger charge is 2.36. The Morgan fingerprint density at radius 3 is 2.03 bits per heavy atom. The second-order valence-corrected chi connectivity index (χ2v) is 8.16. The van der Waals surface area contributed by atoms with Crippen LogP contribution >= 0.6 is 0 Å². The van der Waals surface area contributed by atoms with Gasteiger partial charge in [-0.1, -0.05) is 43.3 Å². The minimum Gasteiger partial charge on any atom is -0.493 e. The van der Waals surface area contributed by atoms with Crippen LogP contribution in [-0.2, 0) is 17.7 Å². The van der Waals surface area contributed by atoms with E-state index in [-0.39, 0.29) is 29.4 Å². The van der Waals surface area contributed by atoms with Crippen molar-refractivity contribution < 1.29 is 33.4 Å². The van der Waals surface area contributed by atoms with Crippen molar-refractivity contribution in [1.82, 2.24) is 4.90 Å². The molecule has 3 aromatic rings. The molecule has 8 heteroatoms. The van der Waals surface area contributed by atoms with Gasteiger partial charge in [0.1, 0.15) is 0 Å². The van der Waals surface area contributed by atoms with Crippen LogP contribution in [0, 0.1) is 0 Å². The van der Waals surface area contributed by atoms with E-state index in [1.54, 1.807) is 36.4 Å². The standard InChI is InChI=1S/C28H25NO7/c1-4-17-9-11-18(12-10-17)23(30)16-36-28(33)19-13-20(25(35-3)24(14-19)34-2)15-29-26(31)21-7-5-6-8-22(21)27(29)32/h5-14H,4,15-16H2,1-3H3. The van der Waals surface area contributed by atoms with E-state index in [0.29, 0.717) is 22.3 Å². The molecule has 0 aliphatic carbocycles. The molecule has 184 valence electrons. The maximum Gasteiger partial charge on any atom is 0.338 e. The molecule has 0 radical (unpaired) electrons. The van der Waals surface area contributed by atoms with Crippen LogP contribution in [0.4, 0.5) is 0 Å². The minimum atomic E-state index is -0.752. The van der Waals surface area contributed by atoms with Crippen LogP contribution in [0.3, 0.4) is 0 Å². The molecule has 2 amide bonds. The molecule has 4 rings (SSSR count). The number of imide groups is 1. The summed E-state index contributed by atoms with van der Waals surface area (Å²) in [6.45, 7) is 1.44. The first-order valence-electron chi connectivity index (χ1n) is 11.4. The van der Waals surface area contributed by atoms with E-state index in [4.69, 9.17) is 14.2 Å². The number of ether oxygens (including phenoxy) is 3. The normalized spacial score (nSPS) is 12.4. The van der Waals surface area contributed by atoms with Gasteiger partial charge in [0.15, 0.2) is 23.9 Å². The highest BCUT2D eigenvalue weighted by atomic mass is 16.5. The van der Waals surface area contributed by atoms with E-state index in [1.165, 1.54) is 26.4 Å². The van der Waals surface area contributed by atoms with Gasteiger partial charge in [-0.25, -0.2) is 4.79 Å². The fraction of sp³-hybridized carbons (Fsp3) is 0.214. The third kappa shape index (κ3) is 4.70. The number of rotatable bonds is 9. The van der Waals surface area contributed by atoms with Crippen molar-refractivity contribution in [3.8, 4) is 11.5 Å². The third-order valence-corrected chi connectivity index (χ3v) is 6.02. The summed E-state index contributed by atoms with van der Waals surface area (Å²) in [5.74, 6) is -1.47. The van der Waals surface area contributed by atoms with Gasteiger partial charge in [-0.3, -0.25) is 19.3 Å². The molecule has 0 saturated carbocycles. The van der Waals surface area contributed by atoms with E-state index < -0.39 is 24.4 Å². The Labute approximate surface area is 208 Å². The van der Waals surface area contributed by atoms with Crippen LogP contribution in [0.2, 0.25) is 0 Å². The molecular formula is C28H25NO7. The number of amides is 2. The molecule has 0 bridgehead atoms. The highest BCUT2D eigenvalue weighted by molar-refractivity contribution is 6.21. The lowest BCUT2D eigenvalue weighted by Crippen LogP contribution is -2.29. The molecule has 3 aromatic carbocycles. The summed E-state index contributed by atoms with van der Waals surface area (Å²) in [4.78, 5) is 52.1. The zero-order valence-electron chi connectivity index (χ0n) is 20.2. The predicted octanol–water partition coefficient (Wildman–Crippen LogP) is 4.10. The number of aryl methyl sites for hydroxylation is 1. The second kappa shape index (κ2) is 10.4. The number of carbonyl (C=O) groups is 4. The van der Waals surface area contributed by atoms with E-state index in [0.717, 1.165) is 16.9 Å². The molecule has 1 heterocycles. The molecule has 1 aliphatic rings. The molecule has 0 aromatic heterocycles. The molecule has 36 heavy (non-hydrogen) atoms. The molecule has 1 aliphatic heterocycles. The first-order valence-corrected chi connectivity index (χ1v) is 11.4. The van der Waals surface area contributed by atoms with Gasteiger partial charge in [-0.2, -0.15) is 0 Å². The lowest BCUT2D eigenvalue weighted by Gasteiger charge is -2.19. The lowest BCUT2D eigenvalue weighted by molar-refractivity contribution is 0.0474. The van der Waals surface area contributed by atoms with Crippen LogP contribution in [-0.4, -0.2) is 49.3 Å². The molecule has 8 nitrogen and oxygen atoms in total. The van der Waals surface area contributed by atoms with E-state index in [1.807, 2.05) is 19.1 Å². The molecule has 0 unspecified atom stereocenters. The fourth-order valence-corrected chi connectivity index (χ4v) is 4.06. The molecule has 0 saturated heterocycles. The molecule has 0 fully saturated rings. The number of Topliss-reactive ketones (excluding diaryl/α,β-unsaturated/α-hetero) is 1. The first kappa shape index (κ1) is 24.7. The minimum absolute atomic E-state index is 0.0911. The van der Waals surface area contributed by atoms with Crippen molar-refractivity contribution in [2.45, 2.75) is 19.9 Å². The number of nitrogens with zero attached hydrogens (tertiary/aromatic N) is 1. The average molecular weight is 488 g/mol. The number of esters is 1. The fourth-order valence-electron chi connectivity index (χ4n) is 4.06. The predicted molar refractivity (Wildman–Crippen MR) is 131 cm³/mol. The van der Waals surface area contributed by atoms with Gasteiger partial charge in [-0.05, 0) is 36.2 Å². The molecule has 0 spiro atoms. The van der Waals surface area contributed by atoms with Gasteiger partial charge in [0, 0.05) is 11.1 Å². The second-order valence-electron chi connectivity index (χ2n) is 8.16. The number of fused-ring (bicyclic) bond motifs is 1. The van der Waals surface area contributed by atoms with Gasteiger partial charge < -0.3 is 14.2 Å². The Morgan fingerprint density at radius 1 is 0.833 bits per heavy atom. The number of methoxy groups -OCH3 is 2. The Bertz CT molecular complexity index is 1310. The number of carbonyl (C=O) groups excluding carboxylic acids is 4. The van der Waals surface area contributed by atoms with Gasteiger partial charge in [0.05, 0.1) is 37.5 Å². The van der Waals surface area contributed by atoms with Crippen molar-refractivity contribution >= 4 is 23.6 Å². The van der Waals surface area contributed by atoms with Crippen LogP contribution in [0.15, 0.2) is 60.7 Å². The van der Waals surface area contributed by atoms with Crippen LogP contribution < -0.4 is 9.47 Å². The van der Waals surface area contributed by atoms with E-state index in [9.17, 15) is 19.2 Å². The first-order chi connectivity index (χ1) is 17.4. The monoisotopic (exact) mass is 487 g/mol. The smallest absolute Gasteiger partial charge is 0.338 e. The van der Waals surface area contributed by atoms with Crippen molar-refractivity contribution in [3.63, 3.8) is 0 Å². The van der Waals surface area contributed by atoms with Crippen molar-refractivity contribution in [2.24, 2.45) is 0 Å². The van der Waals surface area contributed by atoms with Crippen LogP contribution in [0.5, 0.6) is 11.5 Å². The summed E-state index contributed by atoms with van der Waals surface area (Å²) in [7, 11) is 2.83. The Kier molecular flexibility index (Phi) is 7.15. The van der Waals surface area contributed by atoms with Gasteiger partial charge >= 0.3 is 5.97 Å². The summed E-state index contributed by atoms with van der Waals surface area (Å²) in [5, 5.41) is 0. The topological polar surface area (TPSA) is 99.2 Å². The van der Waals surface area contributed by atoms with Crippen LogP contribution in [0.1, 0.15) is 59.5 Å². The van der Waals surface area contributed by atoms with Crippen molar-refractivity contribution in [2.75, 3.05) is 20.8 Å². The Morgan fingerprint density at radius 2 is 1.47 bits per heavy atom.